The smallest absolute Gasteiger partial charge is 0.308 e. The molecule has 4 heteroatoms. The van der Waals surface area contributed by atoms with Crippen molar-refractivity contribution in [3.8, 4) is 0 Å². The van der Waals surface area contributed by atoms with Gasteiger partial charge in [0, 0.05) is 23.8 Å². The minimum atomic E-state index is -0.737. The second-order valence-corrected chi connectivity index (χ2v) is 4.23. The molecule has 0 fully saturated rings. The number of thiophene rings is 1. The first kappa shape index (κ1) is 8.56. The molecule has 0 spiro atoms. The fourth-order valence-corrected chi connectivity index (χ4v) is 2.82. The summed E-state index contributed by atoms with van der Waals surface area (Å²) < 4.78 is 0. The predicted octanol–water partition coefficient (Wildman–Crippen LogP) is 1.37. The van der Waals surface area contributed by atoms with Gasteiger partial charge in [0.05, 0.1) is 12.1 Å². The minimum Gasteiger partial charge on any atom is -0.481 e. The van der Waals surface area contributed by atoms with Crippen molar-refractivity contribution in [1.29, 1.82) is 0 Å². The van der Waals surface area contributed by atoms with Crippen LogP contribution in [0.25, 0.3) is 0 Å². The van der Waals surface area contributed by atoms with Gasteiger partial charge in [0.2, 0.25) is 0 Å². The Morgan fingerprint density at radius 1 is 1.77 bits per heavy atom. The van der Waals surface area contributed by atoms with Crippen LogP contribution in [-0.4, -0.2) is 24.7 Å². The van der Waals surface area contributed by atoms with Gasteiger partial charge in [-0.05, 0) is 12.0 Å². The van der Waals surface area contributed by atoms with Crippen molar-refractivity contribution >= 4 is 23.0 Å². The summed E-state index contributed by atoms with van der Waals surface area (Å²) in [6.07, 6.45) is 1.17. The zero-order chi connectivity index (χ0) is 9.42. The second-order valence-electron chi connectivity index (χ2n) is 3.26. The lowest BCUT2D eigenvalue weighted by Gasteiger charge is -2.07. The maximum atomic E-state index is 10.5. The lowest BCUT2D eigenvalue weighted by molar-refractivity contribution is -0.136. The Morgan fingerprint density at radius 3 is 3.23 bits per heavy atom. The first-order chi connectivity index (χ1) is 6.18. The van der Waals surface area contributed by atoms with Crippen molar-refractivity contribution in [2.75, 3.05) is 18.5 Å². The van der Waals surface area contributed by atoms with Crippen molar-refractivity contribution in [2.45, 2.75) is 12.8 Å². The number of aliphatic carboxylic acids is 1. The molecule has 0 atom stereocenters. The normalized spacial score (nSPS) is 14.7. The van der Waals surface area contributed by atoms with E-state index in [1.54, 1.807) is 11.3 Å². The molecule has 1 aliphatic heterocycles. The summed E-state index contributed by atoms with van der Waals surface area (Å²) >= 11 is 1.56. The van der Waals surface area contributed by atoms with E-state index in [0.717, 1.165) is 17.8 Å². The first-order valence-corrected chi connectivity index (χ1v) is 5.08. The monoisotopic (exact) mass is 197 g/mol. The van der Waals surface area contributed by atoms with E-state index in [2.05, 4.69) is 10.3 Å². The summed E-state index contributed by atoms with van der Waals surface area (Å²) in [5.74, 6) is -0.737. The summed E-state index contributed by atoms with van der Waals surface area (Å²) in [7, 11) is 2.04. The Hall–Kier alpha value is -1.03. The fraction of sp³-hybridized carbons (Fsp3) is 0.444. The molecule has 0 amide bonds. The van der Waals surface area contributed by atoms with Crippen molar-refractivity contribution in [3.63, 3.8) is 0 Å². The topological polar surface area (TPSA) is 40.5 Å². The van der Waals surface area contributed by atoms with Crippen molar-refractivity contribution in [2.24, 2.45) is 0 Å². The molecule has 0 aromatic carbocycles. The number of carboxylic acid groups (broad SMARTS) is 1. The van der Waals surface area contributed by atoms with Crippen LogP contribution in [0, 0.1) is 0 Å². The highest BCUT2D eigenvalue weighted by Gasteiger charge is 2.21. The van der Waals surface area contributed by atoms with Crippen LogP contribution in [-0.2, 0) is 17.6 Å². The standard InChI is InChI=1S/C9H11NO2S/c1-10-3-2-6-7(10)5-13-8(6)4-9(11)12/h5H,2-4H2,1H3,(H,11,12). The molecule has 1 aromatic rings. The largest absolute Gasteiger partial charge is 0.481 e. The quantitative estimate of drug-likeness (QED) is 0.778. The molecule has 0 unspecified atom stereocenters. The number of carboxylic acids is 1. The molecular formula is C9H11NO2S. The summed E-state index contributed by atoms with van der Waals surface area (Å²) in [5.41, 5.74) is 2.47. The van der Waals surface area contributed by atoms with Gasteiger partial charge in [0.1, 0.15) is 0 Å². The summed E-state index contributed by atoms with van der Waals surface area (Å²) in [5, 5.41) is 10.7. The predicted molar refractivity (Wildman–Crippen MR) is 52.6 cm³/mol. The number of hydrogen-bond donors (Lipinski definition) is 1. The van der Waals surface area contributed by atoms with Crippen LogP contribution in [0.4, 0.5) is 5.69 Å². The molecule has 2 rings (SSSR count). The van der Waals surface area contributed by atoms with Crippen LogP contribution < -0.4 is 4.90 Å². The second kappa shape index (κ2) is 3.03. The Balaban J connectivity index is 2.30. The molecule has 1 aromatic heterocycles. The third-order valence-electron chi connectivity index (χ3n) is 2.38. The Bertz CT molecular complexity index is 345. The average molecular weight is 197 g/mol. The molecule has 2 heterocycles. The molecule has 3 nitrogen and oxygen atoms in total. The number of anilines is 1. The maximum Gasteiger partial charge on any atom is 0.308 e. The summed E-state index contributed by atoms with van der Waals surface area (Å²) in [6.45, 7) is 1.02. The number of hydrogen-bond acceptors (Lipinski definition) is 3. The number of nitrogens with zero attached hydrogens (tertiary/aromatic N) is 1. The number of likely N-dealkylation sites (N-methyl/N-ethyl adjacent to an activating group) is 1. The van der Waals surface area contributed by atoms with Gasteiger partial charge in [-0.25, -0.2) is 0 Å². The molecule has 0 saturated heterocycles. The molecule has 1 aliphatic rings. The molecule has 0 aliphatic carbocycles. The molecule has 0 bridgehead atoms. The third kappa shape index (κ3) is 1.42. The number of rotatable bonds is 2. The zero-order valence-electron chi connectivity index (χ0n) is 7.41. The van der Waals surface area contributed by atoms with E-state index in [-0.39, 0.29) is 6.42 Å². The van der Waals surface area contributed by atoms with Crippen LogP contribution in [0.1, 0.15) is 10.4 Å². The van der Waals surface area contributed by atoms with E-state index in [4.69, 9.17) is 5.11 Å². The van der Waals surface area contributed by atoms with E-state index in [1.165, 1.54) is 11.3 Å². The van der Waals surface area contributed by atoms with Crippen molar-refractivity contribution < 1.29 is 9.90 Å². The van der Waals surface area contributed by atoms with Crippen LogP contribution in [0.5, 0.6) is 0 Å². The molecule has 1 N–H and O–H groups in total. The summed E-state index contributed by atoms with van der Waals surface area (Å²) in [6, 6.07) is 0. The molecule has 0 radical (unpaired) electrons. The van der Waals surface area contributed by atoms with E-state index in [0.29, 0.717) is 0 Å². The van der Waals surface area contributed by atoms with Crippen LogP contribution in [0.2, 0.25) is 0 Å². The third-order valence-corrected chi connectivity index (χ3v) is 3.40. The van der Waals surface area contributed by atoms with Gasteiger partial charge >= 0.3 is 5.97 Å². The Morgan fingerprint density at radius 2 is 2.54 bits per heavy atom. The fourth-order valence-electron chi connectivity index (χ4n) is 1.69. The van der Waals surface area contributed by atoms with Gasteiger partial charge in [-0.1, -0.05) is 0 Å². The molecular weight excluding hydrogens is 186 g/mol. The Labute approximate surface area is 80.6 Å². The number of fused-ring (bicyclic) bond motifs is 1. The van der Waals surface area contributed by atoms with Gasteiger partial charge < -0.3 is 10.0 Å². The SMILES string of the molecule is CN1CCc2c1csc2CC(=O)O. The van der Waals surface area contributed by atoms with Gasteiger partial charge in [0.15, 0.2) is 0 Å². The maximum absolute atomic E-state index is 10.5. The molecule has 0 saturated carbocycles. The van der Waals surface area contributed by atoms with E-state index in [9.17, 15) is 4.79 Å². The van der Waals surface area contributed by atoms with Crippen LogP contribution in [0.3, 0.4) is 0 Å². The highest BCUT2D eigenvalue weighted by atomic mass is 32.1. The van der Waals surface area contributed by atoms with E-state index >= 15 is 0 Å². The highest BCUT2D eigenvalue weighted by molar-refractivity contribution is 7.10. The van der Waals surface area contributed by atoms with Gasteiger partial charge in [-0.15, -0.1) is 11.3 Å². The summed E-state index contributed by atoms with van der Waals surface area (Å²) in [4.78, 5) is 13.7. The van der Waals surface area contributed by atoms with Crippen LogP contribution >= 0.6 is 11.3 Å². The van der Waals surface area contributed by atoms with Gasteiger partial charge in [0.25, 0.3) is 0 Å². The van der Waals surface area contributed by atoms with Crippen molar-refractivity contribution in [3.05, 3.63) is 15.8 Å². The lowest BCUT2D eigenvalue weighted by Crippen LogP contribution is -2.11. The zero-order valence-corrected chi connectivity index (χ0v) is 8.23. The molecule has 13 heavy (non-hydrogen) atoms. The number of carbonyl (C=O) groups is 1. The first-order valence-electron chi connectivity index (χ1n) is 4.20. The van der Waals surface area contributed by atoms with E-state index in [1.807, 2.05) is 7.05 Å². The van der Waals surface area contributed by atoms with Gasteiger partial charge in [-0.2, -0.15) is 0 Å². The Kier molecular flexibility index (Phi) is 2.00. The van der Waals surface area contributed by atoms with Gasteiger partial charge in [-0.3, -0.25) is 4.79 Å². The minimum absolute atomic E-state index is 0.174. The van der Waals surface area contributed by atoms with E-state index < -0.39 is 5.97 Å². The molecule has 70 valence electrons. The highest BCUT2D eigenvalue weighted by Crippen LogP contribution is 2.35. The lowest BCUT2D eigenvalue weighted by atomic mass is 10.2. The van der Waals surface area contributed by atoms with Crippen LogP contribution in [0.15, 0.2) is 5.38 Å². The average Bonchev–Trinajstić information content (AvgIpc) is 2.56. The van der Waals surface area contributed by atoms with Crippen molar-refractivity contribution in [1.82, 2.24) is 0 Å².